The van der Waals surface area contributed by atoms with E-state index in [1.807, 2.05) is 19.9 Å². The van der Waals surface area contributed by atoms with E-state index in [0.717, 1.165) is 6.42 Å². The lowest BCUT2D eigenvalue weighted by Gasteiger charge is -2.15. The highest BCUT2D eigenvalue weighted by atomic mass is 35.5. The van der Waals surface area contributed by atoms with E-state index in [4.69, 9.17) is 11.6 Å². The van der Waals surface area contributed by atoms with Gasteiger partial charge in [-0.2, -0.15) is 4.98 Å². The van der Waals surface area contributed by atoms with Crippen molar-refractivity contribution in [3.8, 4) is 17.0 Å². The number of anilines is 3. The van der Waals surface area contributed by atoms with Crippen molar-refractivity contribution in [2.24, 2.45) is 0 Å². The fourth-order valence-corrected chi connectivity index (χ4v) is 2.78. The molecule has 1 heterocycles. The highest BCUT2D eigenvalue weighted by molar-refractivity contribution is 6.33. The average Bonchev–Trinajstić information content (AvgIpc) is 2.68. The van der Waals surface area contributed by atoms with Crippen LogP contribution in [0.3, 0.4) is 0 Å². The van der Waals surface area contributed by atoms with Crippen LogP contribution in [0.1, 0.15) is 20.3 Å². The van der Waals surface area contributed by atoms with E-state index in [2.05, 4.69) is 25.3 Å². The van der Waals surface area contributed by atoms with Gasteiger partial charge in [-0.15, -0.1) is 13.2 Å². The van der Waals surface area contributed by atoms with Crippen molar-refractivity contribution in [2.75, 3.05) is 10.6 Å². The van der Waals surface area contributed by atoms with E-state index in [9.17, 15) is 13.2 Å². The van der Waals surface area contributed by atoms with E-state index in [0.29, 0.717) is 33.7 Å². The van der Waals surface area contributed by atoms with Crippen molar-refractivity contribution < 1.29 is 17.9 Å². The van der Waals surface area contributed by atoms with Gasteiger partial charge in [0.05, 0.1) is 16.4 Å². The second kappa shape index (κ2) is 9.21. The molecule has 9 heteroatoms. The third kappa shape index (κ3) is 6.00. The van der Waals surface area contributed by atoms with Crippen LogP contribution in [0, 0.1) is 0 Å². The summed E-state index contributed by atoms with van der Waals surface area (Å²) in [5, 5.41) is 6.83. The molecule has 5 nitrogen and oxygen atoms in total. The summed E-state index contributed by atoms with van der Waals surface area (Å²) in [5.74, 6) is 0.468. The third-order valence-electron chi connectivity index (χ3n) is 4.21. The number of hydrogen-bond acceptors (Lipinski definition) is 5. The zero-order chi connectivity index (χ0) is 21.7. The Morgan fingerprint density at radius 3 is 2.53 bits per heavy atom. The fourth-order valence-electron chi connectivity index (χ4n) is 2.60. The molecule has 0 bridgehead atoms. The Morgan fingerprint density at radius 1 is 1.07 bits per heavy atom. The number of hydrogen-bond donors (Lipinski definition) is 2. The summed E-state index contributed by atoms with van der Waals surface area (Å²) in [6, 6.07) is 14.5. The fraction of sp³-hybridized carbons (Fsp3) is 0.238. The molecule has 0 amide bonds. The number of ether oxygens (including phenoxy) is 1. The van der Waals surface area contributed by atoms with Gasteiger partial charge in [-0.05, 0) is 37.6 Å². The molecule has 0 radical (unpaired) electrons. The number of benzene rings is 2. The molecule has 1 aromatic heterocycles. The standard InChI is InChI=1S/C21H20ClF3N4O/c1-3-13(2)26-20-28-18(14-7-6-8-15(11-14)30-21(23,24)25)12-19(29-20)27-17-10-5-4-9-16(17)22/h4-13H,3H2,1-2H3,(H2,26,27,28,29)/t13-/m0/s1. The molecule has 0 aliphatic heterocycles. The number of aromatic nitrogens is 2. The second-order valence-electron chi connectivity index (χ2n) is 6.60. The number of nitrogens with one attached hydrogen (secondary N) is 2. The molecule has 0 saturated heterocycles. The molecular formula is C21H20ClF3N4O. The Kier molecular flexibility index (Phi) is 6.66. The van der Waals surface area contributed by atoms with Gasteiger partial charge in [-0.3, -0.25) is 0 Å². The normalized spacial score (nSPS) is 12.3. The number of halogens is 4. The van der Waals surface area contributed by atoms with Crippen LogP contribution in [0.5, 0.6) is 5.75 Å². The Balaban J connectivity index is 2.00. The van der Waals surface area contributed by atoms with Crippen molar-refractivity contribution in [1.29, 1.82) is 0 Å². The van der Waals surface area contributed by atoms with Gasteiger partial charge in [0, 0.05) is 17.7 Å². The van der Waals surface area contributed by atoms with Gasteiger partial charge >= 0.3 is 6.36 Å². The van der Waals surface area contributed by atoms with Crippen molar-refractivity contribution >= 4 is 29.1 Å². The van der Waals surface area contributed by atoms with Crippen LogP contribution < -0.4 is 15.4 Å². The van der Waals surface area contributed by atoms with Gasteiger partial charge in [0.2, 0.25) is 5.95 Å². The number of alkyl halides is 3. The predicted molar refractivity (Wildman–Crippen MR) is 112 cm³/mol. The van der Waals surface area contributed by atoms with E-state index in [1.54, 1.807) is 30.3 Å². The highest BCUT2D eigenvalue weighted by Crippen LogP contribution is 2.30. The molecule has 30 heavy (non-hydrogen) atoms. The SMILES string of the molecule is CC[C@H](C)Nc1nc(Nc2ccccc2Cl)cc(-c2cccc(OC(F)(F)F)c2)n1. The number of rotatable bonds is 7. The van der Waals surface area contributed by atoms with Gasteiger partial charge in [0.1, 0.15) is 11.6 Å². The van der Waals surface area contributed by atoms with Crippen LogP contribution in [-0.2, 0) is 0 Å². The lowest BCUT2D eigenvalue weighted by Crippen LogP contribution is -2.17. The second-order valence-corrected chi connectivity index (χ2v) is 7.00. The summed E-state index contributed by atoms with van der Waals surface area (Å²) in [5.41, 5.74) is 1.53. The first kappa shape index (κ1) is 21.7. The first-order valence-electron chi connectivity index (χ1n) is 9.27. The smallest absolute Gasteiger partial charge is 0.406 e. The van der Waals surface area contributed by atoms with Gasteiger partial charge in [0.25, 0.3) is 0 Å². The summed E-state index contributed by atoms with van der Waals surface area (Å²) < 4.78 is 41.8. The van der Waals surface area contributed by atoms with Crippen LogP contribution in [0.15, 0.2) is 54.6 Å². The van der Waals surface area contributed by atoms with E-state index >= 15 is 0 Å². The summed E-state index contributed by atoms with van der Waals surface area (Å²) in [6.45, 7) is 4.00. The van der Waals surface area contributed by atoms with Crippen LogP contribution >= 0.6 is 11.6 Å². The lowest BCUT2D eigenvalue weighted by atomic mass is 10.1. The van der Waals surface area contributed by atoms with Crippen LogP contribution in [-0.4, -0.2) is 22.4 Å². The molecule has 2 N–H and O–H groups in total. The Labute approximate surface area is 177 Å². The maximum Gasteiger partial charge on any atom is 0.573 e. The quantitative estimate of drug-likeness (QED) is 0.434. The minimum absolute atomic E-state index is 0.105. The molecule has 0 saturated carbocycles. The molecule has 0 aliphatic rings. The van der Waals surface area contributed by atoms with Crippen LogP contribution in [0.2, 0.25) is 5.02 Å². The predicted octanol–water partition coefficient (Wildman–Crippen LogP) is 6.65. The van der Waals surface area contributed by atoms with Crippen molar-refractivity contribution in [3.63, 3.8) is 0 Å². The van der Waals surface area contributed by atoms with Crippen LogP contribution in [0.25, 0.3) is 11.3 Å². The lowest BCUT2D eigenvalue weighted by molar-refractivity contribution is -0.274. The Bertz CT molecular complexity index is 1010. The largest absolute Gasteiger partial charge is 0.573 e. The maximum atomic E-state index is 12.6. The van der Waals surface area contributed by atoms with Crippen LogP contribution in [0.4, 0.5) is 30.6 Å². The molecule has 0 unspecified atom stereocenters. The van der Waals surface area contributed by atoms with Gasteiger partial charge in [-0.25, -0.2) is 4.98 Å². The molecular weight excluding hydrogens is 417 g/mol. The minimum Gasteiger partial charge on any atom is -0.406 e. The molecule has 0 fully saturated rings. The zero-order valence-electron chi connectivity index (χ0n) is 16.3. The van der Waals surface area contributed by atoms with Gasteiger partial charge in [0.15, 0.2) is 0 Å². The topological polar surface area (TPSA) is 59.1 Å². The van der Waals surface area contributed by atoms with E-state index < -0.39 is 6.36 Å². The zero-order valence-corrected chi connectivity index (χ0v) is 17.1. The number of nitrogens with zero attached hydrogens (tertiary/aromatic N) is 2. The highest BCUT2D eigenvalue weighted by Gasteiger charge is 2.31. The summed E-state index contributed by atoms with van der Waals surface area (Å²) in [7, 11) is 0. The molecule has 0 spiro atoms. The maximum absolute atomic E-state index is 12.6. The van der Waals surface area contributed by atoms with E-state index in [-0.39, 0.29) is 11.8 Å². The Morgan fingerprint density at radius 2 is 1.83 bits per heavy atom. The molecule has 3 rings (SSSR count). The molecule has 0 aliphatic carbocycles. The van der Waals surface area contributed by atoms with Crippen molar-refractivity contribution in [1.82, 2.24) is 9.97 Å². The van der Waals surface area contributed by atoms with Gasteiger partial charge in [-0.1, -0.05) is 42.8 Å². The summed E-state index contributed by atoms with van der Waals surface area (Å²) in [4.78, 5) is 8.92. The van der Waals surface area contributed by atoms with Crippen molar-refractivity contribution in [2.45, 2.75) is 32.7 Å². The average molecular weight is 437 g/mol. The molecule has 3 aromatic rings. The first-order valence-corrected chi connectivity index (χ1v) is 9.64. The van der Waals surface area contributed by atoms with E-state index in [1.165, 1.54) is 18.2 Å². The molecule has 158 valence electrons. The Hall–Kier alpha value is -3.00. The summed E-state index contributed by atoms with van der Waals surface area (Å²) >= 11 is 6.22. The third-order valence-corrected chi connectivity index (χ3v) is 4.54. The first-order chi connectivity index (χ1) is 14.2. The van der Waals surface area contributed by atoms with Gasteiger partial charge < -0.3 is 15.4 Å². The minimum atomic E-state index is -4.77. The molecule has 2 aromatic carbocycles. The van der Waals surface area contributed by atoms with Crippen molar-refractivity contribution in [3.05, 3.63) is 59.6 Å². The monoisotopic (exact) mass is 436 g/mol. The molecule has 1 atom stereocenters. The number of para-hydroxylation sites is 1. The summed E-state index contributed by atoms with van der Waals surface area (Å²) in [6.07, 6.45) is -3.93.